The summed E-state index contributed by atoms with van der Waals surface area (Å²) in [5.41, 5.74) is 1.07. The molecule has 1 aromatic carbocycles. The quantitative estimate of drug-likeness (QED) is 0.677. The van der Waals surface area contributed by atoms with E-state index in [1.165, 1.54) is 4.31 Å². The molecule has 152 valence electrons. The molecule has 8 heteroatoms. The van der Waals surface area contributed by atoms with E-state index in [4.69, 9.17) is 0 Å². The van der Waals surface area contributed by atoms with Gasteiger partial charge in [-0.15, -0.1) is 0 Å². The van der Waals surface area contributed by atoms with Crippen molar-refractivity contribution in [2.45, 2.75) is 33.2 Å². The largest absolute Gasteiger partial charge is 0.323 e. The number of carbonyl (C=O) groups is 1. The van der Waals surface area contributed by atoms with E-state index < -0.39 is 10.2 Å². The molecule has 1 aromatic rings. The van der Waals surface area contributed by atoms with Gasteiger partial charge in [-0.2, -0.15) is 17.0 Å². The predicted molar refractivity (Wildman–Crippen MR) is 108 cm³/mol. The van der Waals surface area contributed by atoms with Crippen LogP contribution in [0.5, 0.6) is 0 Å². The molecule has 27 heavy (non-hydrogen) atoms. The molecule has 0 atom stereocenters. The number of amides is 2. The molecule has 1 aliphatic heterocycles. The lowest BCUT2D eigenvalue weighted by molar-refractivity contribution is 0.138. The highest BCUT2D eigenvalue weighted by atomic mass is 32.2. The first-order valence-electron chi connectivity index (χ1n) is 9.69. The van der Waals surface area contributed by atoms with Gasteiger partial charge in [-0.1, -0.05) is 44.2 Å². The van der Waals surface area contributed by atoms with Crippen molar-refractivity contribution < 1.29 is 13.2 Å². The SMILES string of the molecule is CCCN(CCC)S(=O)(=O)N1CCN(C(=O)N(C)Cc2ccccc2)CC1. The van der Waals surface area contributed by atoms with Crippen molar-refractivity contribution >= 4 is 16.2 Å². The van der Waals surface area contributed by atoms with Crippen LogP contribution in [0.25, 0.3) is 0 Å². The maximum atomic E-state index is 12.9. The van der Waals surface area contributed by atoms with Gasteiger partial charge in [0.05, 0.1) is 0 Å². The van der Waals surface area contributed by atoms with E-state index in [-0.39, 0.29) is 6.03 Å². The Morgan fingerprint density at radius 1 is 1.00 bits per heavy atom. The van der Waals surface area contributed by atoms with Crippen LogP contribution in [-0.4, -0.2) is 79.2 Å². The van der Waals surface area contributed by atoms with E-state index in [0.29, 0.717) is 45.8 Å². The standard InChI is InChI=1S/C19H32N4O3S/c1-4-11-22(12-5-2)27(25,26)23-15-13-21(14-16-23)19(24)20(3)17-18-9-7-6-8-10-18/h6-10H,4-5,11-17H2,1-3H3. The minimum Gasteiger partial charge on any atom is -0.323 e. The van der Waals surface area contributed by atoms with Gasteiger partial charge in [0.25, 0.3) is 10.2 Å². The van der Waals surface area contributed by atoms with Crippen molar-refractivity contribution in [2.75, 3.05) is 46.3 Å². The molecule has 0 aliphatic carbocycles. The second-order valence-electron chi connectivity index (χ2n) is 6.92. The van der Waals surface area contributed by atoms with Crippen molar-refractivity contribution in [1.82, 2.24) is 18.4 Å². The van der Waals surface area contributed by atoms with Gasteiger partial charge < -0.3 is 9.80 Å². The monoisotopic (exact) mass is 396 g/mol. The summed E-state index contributed by atoms with van der Waals surface area (Å²) in [6.07, 6.45) is 1.59. The highest BCUT2D eigenvalue weighted by Gasteiger charge is 2.33. The highest BCUT2D eigenvalue weighted by Crippen LogP contribution is 2.15. The molecule has 0 unspecified atom stereocenters. The molecular formula is C19H32N4O3S. The second kappa shape index (κ2) is 10.1. The van der Waals surface area contributed by atoms with Crippen LogP contribution < -0.4 is 0 Å². The van der Waals surface area contributed by atoms with Gasteiger partial charge in [0, 0.05) is 52.9 Å². The Morgan fingerprint density at radius 3 is 2.07 bits per heavy atom. The summed E-state index contributed by atoms with van der Waals surface area (Å²) in [4.78, 5) is 16.1. The third-order valence-electron chi connectivity index (χ3n) is 4.70. The third-order valence-corrected chi connectivity index (χ3v) is 6.73. The Morgan fingerprint density at radius 2 is 1.56 bits per heavy atom. The fraction of sp³-hybridized carbons (Fsp3) is 0.632. The van der Waals surface area contributed by atoms with E-state index in [9.17, 15) is 13.2 Å². The van der Waals surface area contributed by atoms with E-state index in [0.717, 1.165) is 18.4 Å². The molecule has 0 N–H and O–H groups in total. The first-order chi connectivity index (χ1) is 12.9. The molecule has 1 heterocycles. The summed E-state index contributed by atoms with van der Waals surface area (Å²) in [6, 6.07) is 9.78. The lowest BCUT2D eigenvalue weighted by Gasteiger charge is -2.38. The number of hydrogen-bond acceptors (Lipinski definition) is 3. The summed E-state index contributed by atoms with van der Waals surface area (Å²) in [5.74, 6) is 0. The number of benzene rings is 1. The highest BCUT2D eigenvalue weighted by molar-refractivity contribution is 7.86. The lowest BCUT2D eigenvalue weighted by atomic mass is 10.2. The number of rotatable bonds is 8. The van der Waals surface area contributed by atoms with Crippen LogP contribution in [0.4, 0.5) is 4.79 Å². The van der Waals surface area contributed by atoms with Crippen molar-refractivity contribution in [3.05, 3.63) is 35.9 Å². The van der Waals surface area contributed by atoms with Gasteiger partial charge >= 0.3 is 6.03 Å². The Balaban J connectivity index is 1.92. The Kier molecular flexibility index (Phi) is 8.07. The van der Waals surface area contributed by atoms with Gasteiger partial charge in [0.15, 0.2) is 0 Å². The van der Waals surface area contributed by atoms with Crippen molar-refractivity contribution in [1.29, 1.82) is 0 Å². The number of hydrogen-bond donors (Lipinski definition) is 0. The first kappa shape index (κ1) is 21.7. The fourth-order valence-electron chi connectivity index (χ4n) is 3.28. The van der Waals surface area contributed by atoms with E-state index >= 15 is 0 Å². The number of urea groups is 1. The predicted octanol–water partition coefficient (Wildman–Crippen LogP) is 2.22. The smallest absolute Gasteiger partial charge is 0.320 e. The molecule has 1 saturated heterocycles. The average Bonchev–Trinajstić information content (AvgIpc) is 2.68. The number of carbonyl (C=O) groups excluding carboxylic acids is 1. The Labute approximate surface area is 163 Å². The van der Waals surface area contributed by atoms with E-state index in [2.05, 4.69) is 0 Å². The van der Waals surface area contributed by atoms with Gasteiger partial charge in [-0.25, -0.2) is 4.79 Å². The average molecular weight is 397 g/mol. The second-order valence-corrected chi connectivity index (χ2v) is 8.85. The fourth-order valence-corrected chi connectivity index (χ4v) is 5.06. The van der Waals surface area contributed by atoms with Crippen LogP contribution in [0.15, 0.2) is 30.3 Å². The summed E-state index contributed by atoms with van der Waals surface area (Å²) in [6.45, 7) is 7.11. The van der Waals surface area contributed by atoms with Crippen LogP contribution in [0.2, 0.25) is 0 Å². The Bertz CT molecular complexity index is 682. The molecule has 0 aromatic heterocycles. The molecule has 2 amide bonds. The number of piperazine rings is 1. The first-order valence-corrected chi connectivity index (χ1v) is 11.1. The summed E-state index contributed by atoms with van der Waals surface area (Å²) in [5, 5.41) is 0. The minimum atomic E-state index is -3.45. The van der Waals surface area contributed by atoms with E-state index in [1.807, 2.05) is 44.2 Å². The zero-order valence-corrected chi connectivity index (χ0v) is 17.5. The maximum Gasteiger partial charge on any atom is 0.320 e. The zero-order chi connectivity index (χ0) is 19.9. The summed E-state index contributed by atoms with van der Waals surface area (Å²) < 4.78 is 28.8. The van der Waals surface area contributed by atoms with Crippen LogP contribution in [0.3, 0.4) is 0 Å². The van der Waals surface area contributed by atoms with Crippen LogP contribution in [0.1, 0.15) is 32.3 Å². The molecule has 7 nitrogen and oxygen atoms in total. The van der Waals surface area contributed by atoms with Gasteiger partial charge in [-0.05, 0) is 18.4 Å². The van der Waals surface area contributed by atoms with Crippen molar-refractivity contribution in [2.24, 2.45) is 0 Å². The molecular weight excluding hydrogens is 364 g/mol. The van der Waals surface area contributed by atoms with Crippen LogP contribution in [0, 0.1) is 0 Å². The third kappa shape index (κ3) is 5.67. The van der Waals surface area contributed by atoms with E-state index in [1.54, 1.807) is 21.2 Å². The zero-order valence-electron chi connectivity index (χ0n) is 16.7. The molecule has 1 aliphatic rings. The molecule has 0 radical (unpaired) electrons. The molecule has 1 fully saturated rings. The van der Waals surface area contributed by atoms with Crippen LogP contribution in [-0.2, 0) is 16.8 Å². The van der Waals surface area contributed by atoms with Crippen molar-refractivity contribution in [3.8, 4) is 0 Å². The number of nitrogens with zero attached hydrogens (tertiary/aromatic N) is 4. The molecule has 0 saturated carbocycles. The molecule has 0 bridgehead atoms. The summed E-state index contributed by atoms with van der Waals surface area (Å²) >= 11 is 0. The van der Waals surface area contributed by atoms with Crippen molar-refractivity contribution in [3.63, 3.8) is 0 Å². The molecule has 2 rings (SSSR count). The maximum absolute atomic E-state index is 12.9. The van der Waals surface area contributed by atoms with Gasteiger partial charge in [-0.3, -0.25) is 0 Å². The summed E-state index contributed by atoms with van der Waals surface area (Å²) in [7, 11) is -1.67. The minimum absolute atomic E-state index is 0.0603. The van der Waals surface area contributed by atoms with Gasteiger partial charge in [0.2, 0.25) is 0 Å². The topological polar surface area (TPSA) is 64.2 Å². The van der Waals surface area contributed by atoms with Gasteiger partial charge in [0.1, 0.15) is 0 Å². The van der Waals surface area contributed by atoms with Crippen LogP contribution >= 0.6 is 0 Å². The normalized spacial score (nSPS) is 15.9. The molecule has 0 spiro atoms. The Hall–Kier alpha value is -1.64. The lowest BCUT2D eigenvalue weighted by Crippen LogP contribution is -2.56.